The van der Waals surface area contributed by atoms with Gasteiger partial charge in [-0.1, -0.05) is 40.2 Å². The zero-order valence-electron chi connectivity index (χ0n) is 16.0. The second-order valence-corrected chi connectivity index (χ2v) is 8.38. The summed E-state index contributed by atoms with van der Waals surface area (Å²) in [5.74, 6) is 0.609. The highest BCUT2D eigenvalue weighted by Crippen LogP contribution is 2.44. The number of pyridine rings is 1. The first-order valence-electron chi connectivity index (χ1n) is 9.56. The SMILES string of the molecule is COc1ccc(C(=O)N2CCN(C/C=C/c3ccc(Br)cc3)CC23CC3)cn1. The highest BCUT2D eigenvalue weighted by Gasteiger charge is 2.52. The third-order valence-corrected chi connectivity index (χ3v) is 6.07. The fourth-order valence-electron chi connectivity index (χ4n) is 3.80. The Balaban J connectivity index is 1.37. The smallest absolute Gasteiger partial charge is 0.255 e. The summed E-state index contributed by atoms with van der Waals surface area (Å²) < 4.78 is 6.18. The lowest BCUT2D eigenvalue weighted by Crippen LogP contribution is -2.56. The molecular formula is C22H24BrN3O2. The molecule has 1 spiro atoms. The second-order valence-electron chi connectivity index (χ2n) is 7.46. The Bertz CT molecular complexity index is 860. The number of benzene rings is 1. The number of methoxy groups -OCH3 is 1. The van der Waals surface area contributed by atoms with Gasteiger partial charge in [0.05, 0.1) is 18.2 Å². The van der Waals surface area contributed by atoms with Crippen molar-refractivity contribution in [3.63, 3.8) is 0 Å². The van der Waals surface area contributed by atoms with Crippen LogP contribution < -0.4 is 4.74 Å². The number of hydrogen-bond acceptors (Lipinski definition) is 4. The molecule has 0 atom stereocenters. The molecule has 5 nitrogen and oxygen atoms in total. The van der Waals surface area contributed by atoms with Gasteiger partial charge in [0.1, 0.15) is 0 Å². The first-order valence-corrected chi connectivity index (χ1v) is 10.4. The summed E-state index contributed by atoms with van der Waals surface area (Å²) in [5.41, 5.74) is 1.83. The number of carbonyl (C=O) groups is 1. The van der Waals surface area contributed by atoms with Crippen LogP contribution in [0, 0.1) is 0 Å². The molecular weight excluding hydrogens is 418 g/mol. The summed E-state index contributed by atoms with van der Waals surface area (Å²) in [5, 5.41) is 0. The molecule has 1 aliphatic carbocycles. The Morgan fingerprint density at radius 2 is 2.00 bits per heavy atom. The molecule has 0 radical (unpaired) electrons. The minimum Gasteiger partial charge on any atom is -0.481 e. The summed E-state index contributed by atoms with van der Waals surface area (Å²) in [6, 6.07) is 11.9. The molecule has 4 rings (SSSR count). The number of aromatic nitrogens is 1. The molecule has 2 aromatic rings. The van der Waals surface area contributed by atoms with Crippen LogP contribution in [0.1, 0.15) is 28.8 Å². The summed E-state index contributed by atoms with van der Waals surface area (Å²) >= 11 is 3.46. The van der Waals surface area contributed by atoms with Gasteiger partial charge in [-0.25, -0.2) is 4.98 Å². The molecule has 2 aliphatic rings. The predicted molar refractivity (Wildman–Crippen MR) is 113 cm³/mol. The molecule has 1 saturated carbocycles. The average Bonchev–Trinajstić information content (AvgIpc) is 3.48. The van der Waals surface area contributed by atoms with Crippen LogP contribution in [-0.4, -0.2) is 59.5 Å². The van der Waals surface area contributed by atoms with E-state index in [1.807, 2.05) is 0 Å². The van der Waals surface area contributed by atoms with Crippen LogP contribution >= 0.6 is 15.9 Å². The summed E-state index contributed by atoms with van der Waals surface area (Å²) in [4.78, 5) is 21.7. The second kappa shape index (κ2) is 8.05. The maximum Gasteiger partial charge on any atom is 0.255 e. The normalized spacial score (nSPS) is 18.6. The van der Waals surface area contributed by atoms with Crippen molar-refractivity contribution in [1.29, 1.82) is 0 Å². The van der Waals surface area contributed by atoms with Crippen molar-refractivity contribution in [2.45, 2.75) is 18.4 Å². The van der Waals surface area contributed by atoms with E-state index in [9.17, 15) is 4.79 Å². The van der Waals surface area contributed by atoms with E-state index in [-0.39, 0.29) is 11.4 Å². The van der Waals surface area contributed by atoms with E-state index in [1.165, 1.54) is 5.56 Å². The maximum atomic E-state index is 13.0. The first kappa shape index (κ1) is 19.2. The molecule has 6 heteroatoms. The van der Waals surface area contributed by atoms with E-state index in [0.717, 1.165) is 43.5 Å². The molecule has 1 aliphatic heterocycles. The number of carbonyl (C=O) groups excluding carboxylic acids is 1. The van der Waals surface area contributed by atoms with Crippen LogP contribution in [0.15, 0.2) is 53.1 Å². The Labute approximate surface area is 174 Å². The molecule has 1 saturated heterocycles. The minimum absolute atomic E-state index is 0.000706. The van der Waals surface area contributed by atoms with Gasteiger partial charge < -0.3 is 9.64 Å². The van der Waals surface area contributed by atoms with Crippen LogP contribution in [0.2, 0.25) is 0 Å². The van der Waals surface area contributed by atoms with Crippen LogP contribution in [0.3, 0.4) is 0 Å². The van der Waals surface area contributed by atoms with Crippen LogP contribution in [0.4, 0.5) is 0 Å². The van der Waals surface area contributed by atoms with Crippen LogP contribution in [0.25, 0.3) is 6.08 Å². The highest BCUT2D eigenvalue weighted by molar-refractivity contribution is 9.10. The molecule has 0 N–H and O–H groups in total. The number of rotatable bonds is 5. The molecule has 2 heterocycles. The topological polar surface area (TPSA) is 45.7 Å². The molecule has 1 amide bonds. The standard InChI is InChI=1S/C22H24BrN3O2/c1-28-20-9-6-18(15-24-20)21(27)26-14-13-25(16-22(26)10-11-22)12-2-3-17-4-7-19(23)8-5-17/h2-9,15H,10-14,16H2,1H3/b3-2+. The third-order valence-electron chi connectivity index (χ3n) is 5.54. The molecule has 0 unspecified atom stereocenters. The number of nitrogens with zero attached hydrogens (tertiary/aromatic N) is 3. The van der Waals surface area contributed by atoms with Crippen molar-refractivity contribution < 1.29 is 9.53 Å². The molecule has 1 aromatic carbocycles. The Morgan fingerprint density at radius 3 is 2.64 bits per heavy atom. The van der Waals surface area contributed by atoms with Crippen molar-refractivity contribution in [3.05, 3.63) is 64.3 Å². The van der Waals surface area contributed by atoms with Crippen molar-refractivity contribution in [1.82, 2.24) is 14.8 Å². The molecule has 0 bridgehead atoms. The number of hydrogen-bond donors (Lipinski definition) is 0. The molecule has 2 fully saturated rings. The number of ether oxygens (including phenoxy) is 1. The van der Waals surface area contributed by atoms with Gasteiger partial charge in [0, 0.05) is 42.9 Å². The predicted octanol–water partition coefficient (Wildman–Crippen LogP) is 3.86. The van der Waals surface area contributed by atoms with Gasteiger partial charge >= 0.3 is 0 Å². The van der Waals surface area contributed by atoms with E-state index in [0.29, 0.717) is 11.4 Å². The maximum absolute atomic E-state index is 13.0. The van der Waals surface area contributed by atoms with Gasteiger partial charge in [-0.3, -0.25) is 9.69 Å². The average molecular weight is 442 g/mol. The Kier molecular flexibility index (Phi) is 5.51. The van der Waals surface area contributed by atoms with E-state index in [2.05, 4.69) is 67.1 Å². The fourth-order valence-corrected chi connectivity index (χ4v) is 4.06. The number of amides is 1. The molecule has 28 heavy (non-hydrogen) atoms. The van der Waals surface area contributed by atoms with Gasteiger partial charge in [0.25, 0.3) is 5.91 Å². The van der Waals surface area contributed by atoms with Crippen LogP contribution in [-0.2, 0) is 0 Å². The van der Waals surface area contributed by atoms with Gasteiger partial charge in [-0.15, -0.1) is 0 Å². The van der Waals surface area contributed by atoms with E-state index >= 15 is 0 Å². The van der Waals surface area contributed by atoms with Crippen molar-refractivity contribution >= 4 is 27.9 Å². The van der Waals surface area contributed by atoms with E-state index in [1.54, 1.807) is 25.4 Å². The minimum atomic E-state index is 0.000706. The van der Waals surface area contributed by atoms with Crippen molar-refractivity contribution in [3.8, 4) is 5.88 Å². The van der Waals surface area contributed by atoms with Gasteiger partial charge in [-0.05, 0) is 36.6 Å². The molecule has 146 valence electrons. The largest absolute Gasteiger partial charge is 0.481 e. The van der Waals surface area contributed by atoms with E-state index in [4.69, 9.17) is 4.74 Å². The first-order chi connectivity index (χ1) is 13.6. The quantitative estimate of drug-likeness (QED) is 0.706. The number of halogens is 1. The highest BCUT2D eigenvalue weighted by atomic mass is 79.9. The van der Waals surface area contributed by atoms with Gasteiger partial charge in [-0.2, -0.15) is 0 Å². The molecule has 1 aromatic heterocycles. The monoisotopic (exact) mass is 441 g/mol. The number of piperazine rings is 1. The summed E-state index contributed by atoms with van der Waals surface area (Å²) in [6.07, 6.45) is 8.14. The lowest BCUT2D eigenvalue weighted by Gasteiger charge is -2.42. The zero-order chi connectivity index (χ0) is 19.6. The summed E-state index contributed by atoms with van der Waals surface area (Å²) in [6.45, 7) is 3.50. The summed E-state index contributed by atoms with van der Waals surface area (Å²) in [7, 11) is 1.58. The van der Waals surface area contributed by atoms with Crippen molar-refractivity contribution in [2.75, 3.05) is 33.3 Å². The Hall–Kier alpha value is -2.18. The third kappa shape index (κ3) is 4.13. The van der Waals surface area contributed by atoms with Crippen molar-refractivity contribution in [2.24, 2.45) is 0 Å². The lowest BCUT2D eigenvalue weighted by atomic mass is 10.1. The zero-order valence-corrected chi connectivity index (χ0v) is 17.6. The fraction of sp³-hybridized carbons (Fsp3) is 0.364. The van der Waals surface area contributed by atoms with E-state index < -0.39 is 0 Å². The Morgan fingerprint density at radius 1 is 1.21 bits per heavy atom. The van der Waals surface area contributed by atoms with Gasteiger partial charge in [0.15, 0.2) is 0 Å². The van der Waals surface area contributed by atoms with Gasteiger partial charge in [0.2, 0.25) is 5.88 Å². The lowest BCUT2D eigenvalue weighted by molar-refractivity contribution is 0.0413. The van der Waals surface area contributed by atoms with Crippen LogP contribution in [0.5, 0.6) is 5.88 Å².